The number of rotatable bonds is 6. The molecule has 1 heterocycles. The molecule has 0 aromatic heterocycles. The third kappa shape index (κ3) is 3.24. The normalized spacial score (nSPS) is 13.3. The van der Waals surface area contributed by atoms with E-state index >= 15 is 0 Å². The molecule has 5 nitrogen and oxygen atoms in total. The highest BCUT2D eigenvalue weighted by Crippen LogP contribution is 2.32. The Labute approximate surface area is 154 Å². The maximum absolute atomic E-state index is 13.2. The Bertz CT molecular complexity index is 923. The van der Waals surface area contributed by atoms with Crippen molar-refractivity contribution in [3.8, 4) is 0 Å². The summed E-state index contributed by atoms with van der Waals surface area (Å²) < 4.78 is 27.7. The van der Waals surface area contributed by atoms with Crippen LogP contribution in [0.3, 0.4) is 0 Å². The quantitative estimate of drug-likeness (QED) is 0.733. The Balaban J connectivity index is 2.00. The molecule has 0 spiro atoms. The summed E-state index contributed by atoms with van der Waals surface area (Å²) in [6.45, 7) is 6.29. The zero-order valence-electron chi connectivity index (χ0n) is 14.8. The van der Waals surface area contributed by atoms with Gasteiger partial charge in [0.25, 0.3) is 10.0 Å². The molecule has 0 radical (unpaired) electrons. The van der Waals surface area contributed by atoms with Gasteiger partial charge in [-0.2, -0.15) is 0 Å². The standard InChI is InChI=1S/C20H22N2O3S/c1-3-13-22(17-8-6-5-7-9-17)26(24,25)18-10-11-19-16(15-18)12-14-21(19)20(23)4-2/h3,5-11,15H,1,4,12-14H2,2H3. The maximum Gasteiger partial charge on any atom is 0.264 e. The highest BCUT2D eigenvalue weighted by atomic mass is 32.2. The molecule has 0 bridgehead atoms. The molecule has 0 N–H and O–H groups in total. The summed E-state index contributed by atoms with van der Waals surface area (Å²) in [5, 5.41) is 0. The smallest absolute Gasteiger partial charge is 0.264 e. The SMILES string of the molecule is C=CCN(c1ccccc1)S(=O)(=O)c1ccc2c(c1)CCN2C(=O)CC. The van der Waals surface area contributed by atoms with E-state index in [-0.39, 0.29) is 17.3 Å². The van der Waals surface area contributed by atoms with E-state index < -0.39 is 10.0 Å². The highest BCUT2D eigenvalue weighted by Gasteiger charge is 2.28. The van der Waals surface area contributed by atoms with Gasteiger partial charge in [-0.25, -0.2) is 8.42 Å². The number of carbonyl (C=O) groups is 1. The Morgan fingerprint density at radius 2 is 1.96 bits per heavy atom. The fourth-order valence-corrected chi connectivity index (χ4v) is 4.66. The van der Waals surface area contributed by atoms with Gasteiger partial charge < -0.3 is 4.90 Å². The fraction of sp³-hybridized carbons (Fsp3) is 0.250. The molecular formula is C20H22N2O3S. The van der Waals surface area contributed by atoms with E-state index in [4.69, 9.17) is 0 Å². The van der Waals surface area contributed by atoms with E-state index in [9.17, 15) is 13.2 Å². The van der Waals surface area contributed by atoms with Crippen molar-refractivity contribution in [2.45, 2.75) is 24.7 Å². The van der Waals surface area contributed by atoms with Crippen molar-refractivity contribution < 1.29 is 13.2 Å². The van der Waals surface area contributed by atoms with Crippen molar-refractivity contribution >= 4 is 27.3 Å². The zero-order valence-corrected chi connectivity index (χ0v) is 15.6. The minimum atomic E-state index is -3.72. The van der Waals surface area contributed by atoms with Crippen LogP contribution >= 0.6 is 0 Å². The summed E-state index contributed by atoms with van der Waals surface area (Å²) in [5.74, 6) is 0.0527. The van der Waals surface area contributed by atoms with Crippen LogP contribution in [0, 0.1) is 0 Å². The van der Waals surface area contributed by atoms with Gasteiger partial charge in [0, 0.05) is 18.7 Å². The number of fused-ring (bicyclic) bond motifs is 1. The second-order valence-electron chi connectivity index (χ2n) is 6.10. The van der Waals surface area contributed by atoms with Gasteiger partial charge in [0.1, 0.15) is 0 Å². The average Bonchev–Trinajstić information content (AvgIpc) is 3.09. The lowest BCUT2D eigenvalue weighted by molar-refractivity contribution is -0.118. The molecule has 1 amide bonds. The van der Waals surface area contributed by atoms with E-state index in [0.29, 0.717) is 25.1 Å². The third-order valence-electron chi connectivity index (χ3n) is 4.48. The van der Waals surface area contributed by atoms with E-state index in [1.807, 2.05) is 13.0 Å². The summed E-state index contributed by atoms with van der Waals surface area (Å²) in [5.41, 5.74) is 2.29. The Morgan fingerprint density at radius 3 is 2.62 bits per heavy atom. The number of sulfonamides is 1. The number of carbonyl (C=O) groups excluding carboxylic acids is 1. The van der Waals surface area contributed by atoms with Gasteiger partial charge in [0.15, 0.2) is 0 Å². The lowest BCUT2D eigenvalue weighted by Gasteiger charge is -2.23. The van der Waals surface area contributed by atoms with E-state index in [0.717, 1.165) is 11.3 Å². The summed E-state index contributed by atoms with van der Waals surface area (Å²) >= 11 is 0. The van der Waals surface area contributed by atoms with Crippen molar-refractivity contribution in [2.75, 3.05) is 22.3 Å². The van der Waals surface area contributed by atoms with Crippen LogP contribution in [0.5, 0.6) is 0 Å². The lowest BCUT2D eigenvalue weighted by Crippen LogP contribution is -2.31. The number of benzene rings is 2. The second kappa shape index (κ2) is 7.33. The van der Waals surface area contributed by atoms with Crippen LogP contribution in [0.1, 0.15) is 18.9 Å². The number of para-hydroxylation sites is 1. The number of anilines is 2. The van der Waals surface area contributed by atoms with E-state index in [2.05, 4.69) is 6.58 Å². The molecule has 0 saturated heterocycles. The molecule has 2 aromatic carbocycles. The maximum atomic E-state index is 13.2. The molecule has 1 aliphatic rings. The second-order valence-corrected chi connectivity index (χ2v) is 7.96. The van der Waals surface area contributed by atoms with Crippen LogP contribution in [0.2, 0.25) is 0 Å². The predicted molar refractivity (Wildman–Crippen MR) is 104 cm³/mol. The average molecular weight is 370 g/mol. The van der Waals surface area contributed by atoms with Gasteiger partial charge in [-0.3, -0.25) is 9.10 Å². The Morgan fingerprint density at radius 1 is 1.23 bits per heavy atom. The fourth-order valence-electron chi connectivity index (χ4n) is 3.17. The molecule has 0 aliphatic carbocycles. The molecule has 6 heteroatoms. The summed E-state index contributed by atoms with van der Waals surface area (Å²) in [6, 6.07) is 14.0. The topological polar surface area (TPSA) is 57.7 Å². The van der Waals surface area contributed by atoms with Crippen molar-refractivity contribution in [3.05, 3.63) is 66.7 Å². The van der Waals surface area contributed by atoms with Crippen LogP contribution < -0.4 is 9.21 Å². The minimum Gasteiger partial charge on any atom is -0.312 e. The van der Waals surface area contributed by atoms with Crippen molar-refractivity contribution in [1.29, 1.82) is 0 Å². The first kappa shape index (κ1) is 18.2. The molecule has 3 rings (SSSR count). The molecule has 0 atom stereocenters. The summed E-state index contributed by atoms with van der Waals surface area (Å²) in [7, 11) is -3.72. The number of hydrogen-bond donors (Lipinski definition) is 0. The zero-order chi connectivity index (χ0) is 18.7. The van der Waals surface area contributed by atoms with Gasteiger partial charge in [-0.15, -0.1) is 6.58 Å². The predicted octanol–water partition coefficient (Wildman–Crippen LogP) is 3.37. The van der Waals surface area contributed by atoms with Crippen LogP contribution in [-0.2, 0) is 21.2 Å². The lowest BCUT2D eigenvalue weighted by atomic mass is 10.2. The van der Waals surface area contributed by atoms with Gasteiger partial charge in [0.05, 0.1) is 17.1 Å². The first-order valence-electron chi connectivity index (χ1n) is 8.61. The molecule has 0 fully saturated rings. The Kier molecular flexibility index (Phi) is 5.13. The largest absolute Gasteiger partial charge is 0.312 e. The molecule has 26 heavy (non-hydrogen) atoms. The Hall–Kier alpha value is -2.60. The molecule has 0 unspecified atom stereocenters. The van der Waals surface area contributed by atoms with Crippen LogP contribution in [0.25, 0.3) is 0 Å². The van der Waals surface area contributed by atoms with Crippen LogP contribution in [0.15, 0.2) is 66.1 Å². The molecule has 0 saturated carbocycles. The van der Waals surface area contributed by atoms with Crippen LogP contribution in [-0.4, -0.2) is 27.4 Å². The number of nitrogens with zero attached hydrogens (tertiary/aromatic N) is 2. The molecule has 2 aromatic rings. The van der Waals surface area contributed by atoms with Gasteiger partial charge >= 0.3 is 0 Å². The number of hydrogen-bond acceptors (Lipinski definition) is 3. The van der Waals surface area contributed by atoms with Crippen molar-refractivity contribution in [1.82, 2.24) is 0 Å². The van der Waals surface area contributed by atoms with Gasteiger partial charge in [-0.1, -0.05) is 31.2 Å². The first-order chi connectivity index (χ1) is 12.5. The number of amides is 1. The summed E-state index contributed by atoms with van der Waals surface area (Å²) in [6.07, 6.45) is 2.66. The van der Waals surface area contributed by atoms with Crippen molar-refractivity contribution in [2.24, 2.45) is 0 Å². The van der Waals surface area contributed by atoms with Gasteiger partial charge in [0.2, 0.25) is 5.91 Å². The van der Waals surface area contributed by atoms with Crippen LogP contribution in [0.4, 0.5) is 11.4 Å². The minimum absolute atomic E-state index is 0.0527. The van der Waals surface area contributed by atoms with E-state index in [1.165, 1.54) is 4.31 Å². The summed E-state index contributed by atoms with van der Waals surface area (Å²) in [4.78, 5) is 14.0. The molecule has 136 valence electrons. The first-order valence-corrected chi connectivity index (χ1v) is 10.0. The highest BCUT2D eigenvalue weighted by molar-refractivity contribution is 7.92. The molecule has 1 aliphatic heterocycles. The molecular weight excluding hydrogens is 348 g/mol. The van der Waals surface area contributed by atoms with Crippen molar-refractivity contribution in [3.63, 3.8) is 0 Å². The third-order valence-corrected chi connectivity index (χ3v) is 6.27. The van der Waals surface area contributed by atoms with Gasteiger partial charge in [-0.05, 0) is 42.3 Å². The van der Waals surface area contributed by atoms with E-state index in [1.54, 1.807) is 53.4 Å². The monoisotopic (exact) mass is 370 g/mol.